The van der Waals surface area contributed by atoms with E-state index in [1.165, 1.54) is 0 Å². The molecule has 0 N–H and O–H groups in total. The zero-order chi connectivity index (χ0) is 23.5. The standard InChI is InChI=1S/C24H29F3N4O.ClH/c1-6-14-31(21(7-2)17-8-10-18(11-9-17)24(25,26)27)23-28-22(30(4)29-23)20-13-12-19(32-5)15-16(20)3;/h8-13,15,21H,6-7,14H2,1-5H3;1H/p-1. The van der Waals surface area contributed by atoms with E-state index in [2.05, 4.69) is 16.9 Å². The molecule has 0 aliphatic heterocycles. The number of rotatable bonds is 8. The van der Waals surface area contributed by atoms with E-state index in [1.807, 2.05) is 39.1 Å². The summed E-state index contributed by atoms with van der Waals surface area (Å²) in [5, 5.41) is 4.66. The Morgan fingerprint density at radius 1 is 1.09 bits per heavy atom. The molecule has 0 amide bonds. The van der Waals surface area contributed by atoms with Gasteiger partial charge in [-0.15, -0.1) is 5.10 Å². The summed E-state index contributed by atoms with van der Waals surface area (Å²) in [4.78, 5) is 6.90. The van der Waals surface area contributed by atoms with E-state index in [0.717, 1.165) is 46.8 Å². The molecule has 0 aliphatic rings. The van der Waals surface area contributed by atoms with Crippen LogP contribution in [0.5, 0.6) is 5.75 Å². The van der Waals surface area contributed by atoms with Crippen LogP contribution >= 0.6 is 0 Å². The molecule has 2 aromatic carbocycles. The molecule has 0 spiro atoms. The summed E-state index contributed by atoms with van der Waals surface area (Å²) in [6.07, 6.45) is -2.79. The molecule has 0 saturated heterocycles. The van der Waals surface area contributed by atoms with Crippen LogP contribution in [0.4, 0.5) is 19.1 Å². The fourth-order valence-electron chi connectivity index (χ4n) is 3.91. The maximum absolute atomic E-state index is 13.0. The van der Waals surface area contributed by atoms with Crippen LogP contribution in [0.15, 0.2) is 42.5 Å². The van der Waals surface area contributed by atoms with Crippen LogP contribution < -0.4 is 22.0 Å². The van der Waals surface area contributed by atoms with Crippen molar-refractivity contribution >= 4 is 5.95 Å². The third kappa shape index (κ3) is 5.79. The molecule has 1 atom stereocenters. The molecule has 0 radical (unpaired) electrons. The van der Waals surface area contributed by atoms with Crippen molar-refractivity contribution < 1.29 is 30.3 Å². The lowest BCUT2D eigenvalue weighted by Crippen LogP contribution is -3.00. The Balaban J connectivity index is 0.00000385. The van der Waals surface area contributed by atoms with E-state index in [4.69, 9.17) is 9.72 Å². The van der Waals surface area contributed by atoms with Crippen LogP contribution in [0.25, 0.3) is 11.4 Å². The van der Waals surface area contributed by atoms with Gasteiger partial charge in [0.1, 0.15) is 5.75 Å². The van der Waals surface area contributed by atoms with Crippen molar-refractivity contribution in [1.82, 2.24) is 14.8 Å². The molecular formula is C24H29ClF3N4O-. The van der Waals surface area contributed by atoms with Gasteiger partial charge in [0.15, 0.2) is 5.82 Å². The van der Waals surface area contributed by atoms with Crippen molar-refractivity contribution in [3.63, 3.8) is 0 Å². The Morgan fingerprint density at radius 2 is 1.76 bits per heavy atom. The molecule has 180 valence electrons. The SMILES string of the molecule is CCCN(c1nc(-c2ccc(OC)cc2C)n(C)n1)C(CC)c1ccc(C(F)(F)F)cc1.[Cl-]. The number of hydrogen-bond donors (Lipinski definition) is 0. The normalized spacial score (nSPS) is 12.2. The van der Waals surface area contributed by atoms with Gasteiger partial charge in [-0.25, -0.2) is 4.68 Å². The number of nitrogens with zero attached hydrogens (tertiary/aromatic N) is 4. The van der Waals surface area contributed by atoms with Crippen molar-refractivity contribution in [1.29, 1.82) is 0 Å². The zero-order valence-corrected chi connectivity index (χ0v) is 20.2. The predicted octanol–water partition coefficient (Wildman–Crippen LogP) is 3.19. The Labute approximate surface area is 199 Å². The Kier molecular flexibility index (Phi) is 8.77. The number of aromatic nitrogens is 3. The summed E-state index contributed by atoms with van der Waals surface area (Å²) >= 11 is 0. The number of alkyl halides is 3. The minimum Gasteiger partial charge on any atom is -1.00 e. The monoisotopic (exact) mass is 481 g/mol. The Bertz CT molecular complexity index is 1050. The summed E-state index contributed by atoms with van der Waals surface area (Å²) in [6.45, 7) is 6.75. The van der Waals surface area contributed by atoms with Crippen molar-refractivity contribution in [3.8, 4) is 17.1 Å². The molecule has 1 aromatic heterocycles. The molecule has 33 heavy (non-hydrogen) atoms. The highest BCUT2D eigenvalue weighted by molar-refractivity contribution is 5.63. The second-order valence-corrected chi connectivity index (χ2v) is 7.78. The molecule has 0 fully saturated rings. The molecular weight excluding hydrogens is 453 g/mol. The first-order valence-corrected chi connectivity index (χ1v) is 10.7. The van der Waals surface area contributed by atoms with Crippen molar-refractivity contribution in [2.45, 2.75) is 45.8 Å². The second-order valence-electron chi connectivity index (χ2n) is 7.78. The minimum atomic E-state index is -4.35. The van der Waals surface area contributed by atoms with Crippen LogP contribution in [-0.2, 0) is 13.2 Å². The molecule has 0 saturated carbocycles. The van der Waals surface area contributed by atoms with Crippen LogP contribution in [0.1, 0.15) is 49.4 Å². The Morgan fingerprint density at radius 3 is 2.27 bits per heavy atom. The van der Waals surface area contributed by atoms with Crippen LogP contribution in [0.2, 0.25) is 0 Å². The molecule has 1 unspecified atom stereocenters. The van der Waals surface area contributed by atoms with Gasteiger partial charge >= 0.3 is 6.18 Å². The lowest BCUT2D eigenvalue weighted by molar-refractivity contribution is -0.137. The summed E-state index contributed by atoms with van der Waals surface area (Å²) in [5.74, 6) is 2.06. The molecule has 9 heteroatoms. The van der Waals surface area contributed by atoms with Crippen molar-refractivity contribution in [3.05, 3.63) is 59.2 Å². The van der Waals surface area contributed by atoms with Crippen LogP contribution in [0, 0.1) is 6.92 Å². The number of benzene rings is 2. The number of aryl methyl sites for hydroxylation is 2. The van der Waals surface area contributed by atoms with E-state index >= 15 is 0 Å². The molecule has 3 aromatic rings. The number of methoxy groups -OCH3 is 1. The molecule has 3 rings (SSSR count). The summed E-state index contributed by atoms with van der Waals surface area (Å²) < 4.78 is 46.0. The van der Waals surface area contributed by atoms with E-state index in [0.29, 0.717) is 18.9 Å². The lowest BCUT2D eigenvalue weighted by atomic mass is 10.0. The van der Waals surface area contributed by atoms with Gasteiger partial charge < -0.3 is 22.0 Å². The van der Waals surface area contributed by atoms with Gasteiger partial charge in [0.05, 0.1) is 18.7 Å². The van der Waals surface area contributed by atoms with Gasteiger partial charge in [-0.05, 0) is 61.2 Å². The van der Waals surface area contributed by atoms with E-state index in [9.17, 15) is 13.2 Å². The first-order valence-electron chi connectivity index (χ1n) is 10.7. The van der Waals surface area contributed by atoms with Gasteiger partial charge in [0.25, 0.3) is 0 Å². The first kappa shape index (κ1) is 26.5. The molecule has 1 heterocycles. The van der Waals surface area contributed by atoms with Crippen LogP contribution in [-0.4, -0.2) is 28.4 Å². The largest absolute Gasteiger partial charge is 1.00 e. The lowest BCUT2D eigenvalue weighted by Gasteiger charge is -2.30. The average molecular weight is 482 g/mol. The third-order valence-corrected chi connectivity index (χ3v) is 5.53. The number of hydrogen-bond acceptors (Lipinski definition) is 4. The van der Waals surface area contributed by atoms with E-state index in [-0.39, 0.29) is 18.4 Å². The third-order valence-electron chi connectivity index (χ3n) is 5.53. The van der Waals surface area contributed by atoms with Crippen molar-refractivity contribution in [2.24, 2.45) is 7.05 Å². The topological polar surface area (TPSA) is 43.2 Å². The maximum atomic E-state index is 13.0. The fraction of sp³-hybridized carbons (Fsp3) is 0.417. The van der Waals surface area contributed by atoms with Gasteiger partial charge in [-0.2, -0.15) is 18.2 Å². The number of halogens is 4. The fourth-order valence-corrected chi connectivity index (χ4v) is 3.91. The van der Waals surface area contributed by atoms with Crippen molar-refractivity contribution in [2.75, 3.05) is 18.6 Å². The number of anilines is 1. The number of ether oxygens (including phenoxy) is 1. The second kappa shape index (κ2) is 10.9. The highest BCUT2D eigenvalue weighted by Gasteiger charge is 2.31. The molecule has 0 aliphatic carbocycles. The molecule has 0 bridgehead atoms. The van der Waals surface area contributed by atoms with Gasteiger partial charge in [-0.1, -0.05) is 26.0 Å². The quantitative estimate of drug-likeness (QED) is 0.495. The van der Waals surface area contributed by atoms with Crippen LogP contribution in [0.3, 0.4) is 0 Å². The van der Waals surface area contributed by atoms with E-state index < -0.39 is 11.7 Å². The maximum Gasteiger partial charge on any atom is 0.416 e. The van der Waals surface area contributed by atoms with Gasteiger partial charge in [0, 0.05) is 19.2 Å². The molecule has 5 nitrogen and oxygen atoms in total. The zero-order valence-electron chi connectivity index (χ0n) is 19.4. The first-order chi connectivity index (χ1) is 15.2. The summed E-state index contributed by atoms with van der Waals surface area (Å²) in [7, 11) is 3.47. The summed E-state index contributed by atoms with van der Waals surface area (Å²) in [5.41, 5.74) is 2.13. The predicted molar refractivity (Wildman–Crippen MR) is 120 cm³/mol. The average Bonchev–Trinajstić information content (AvgIpc) is 3.14. The minimum absolute atomic E-state index is 0. The van der Waals surface area contributed by atoms with Gasteiger partial charge in [0.2, 0.25) is 5.95 Å². The van der Waals surface area contributed by atoms with E-state index in [1.54, 1.807) is 23.9 Å². The Hall–Kier alpha value is -2.74. The smallest absolute Gasteiger partial charge is 0.416 e. The van der Waals surface area contributed by atoms with Gasteiger partial charge in [-0.3, -0.25) is 0 Å². The highest BCUT2D eigenvalue weighted by atomic mass is 35.5. The summed E-state index contributed by atoms with van der Waals surface area (Å²) in [6, 6.07) is 11.0. The highest BCUT2D eigenvalue weighted by Crippen LogP contribution is 2.34.